The molecule has 0 spiro atoms. The van der Waals surface area contributed by atoms with Crippen molar-refractivity contribution in [1.82, 2.24) is 4.98 Å². The van der Waals surface area contributed by atoms with Gasteiger partial charge >= 0.3 is 0 Å². The average molecular weight is 249 g/mol. The standard InChI is InChI=1S/C17H15NO/c19-12-14-7-9-17-15(10-14)11-16(18-17)8-6-13-4-2-1-3-5-13/h1-11,18-19H,12H2. The van der Waals surface area contributed by atoms with Crippen molar-refractivity contribution in [3.8, 4) is 0 Å². The lowest BCUT2D eigenvalue weighted by Gasteiger charge is -1.94. The summed E-state index contributed by atoms with van der Waals surface area (Å²) in [6, 6.07) is 18.2. The molecule has 2 aromatic carbocycles. The van der Waals surface area contributed by atoms with E-state index in [0.717, 1.165) is 22.2 Å². The monoisotopic (exact) mass is 249 g/mol. The molecule has 0 aliphatic heterocycles. The number of benzene rings is 2. The van der Waals surface area contributed by atoms with Crippen LogP contribution in [0, 0.1) is 0 Å². The number of aliphatic hydroxyl groups is 1. The van der Waals surface area contributed by atoms with Gasteiger partial charge in [0.15, 0.2) is 0 Å². The quantitative estimate of drug-likeness (QED) is 0.727. The van der Waals surface area contributed by atoms with E-state index in [0.29, 0.717) is 0 Å². The average Bonchev–Trinajstić information content (AvgIpc) is 2.88. The second kappa shape index (κ2) is 5.12. The van der Waals surface area contributed by atoms with Gasteiger partial charge in [0.1, 0.15) is 0 Å². The second-order valence-corrected chi connectivity index (χ2v) is 4.55. The topological polar surface area (TPSA) is 36.0 Å². The van der Waals surface area contributed by atoms with Crippen molar-refractivity contribution in [2.24, 2.45) is 0 Å². The smallest absolute Gasteiger partial charge is 0.0682 e. The Kier molecular flexibility index (Phi) is 3.17. The molecule has 19 heavy (non-hydrogen) atoms. The van der Waals surface area contributed by atoms with Crippen LogP contribution in [0.1, 0.15) is 16.8 Å². The van der Waals surface area contributed by atoms with Gasteiger partial charge in [0.25, 0.3) is 0 Å². The fourth-order valence-corrected chi connectivity index (χ4v) is 2.14. The van der Waals surface area contributed by atoms with Crippen molar-refractivity contribution < 1.29 is 5.11 Å². The number of fused-ring (bicyclic) bond motifs is 1. The van der Waals surface area contributed by atoms with E-state index in [-0.39, 0.29) is 6.61 Å². The molecule has 0 unspecified atom stereocenters. The van der Waals surface area contributed by atoms with E-state index >= 15 is 0 Å². The number of aromatic amines is 1. The lowest BCUT2D eigenvalue weighted by atomic mass is 10.1. The summed E-state index contributed by atoms with van der Waals surface area (Å²) in [5, 5.41) is 10.3. The summed E-state index contributed by atoms with van der Waals surface area (Å²) in [5.74, 6) is 0. The number of nitrogens with one attached hydrogen (secondary N) is 1. The van der Waals surface area contributed by atoms with E-state index in [2.05, 4.69) is 35.3 Å². The normalized spacial score (nSPS) is 11.4. The van der Waals surface area contributed by atoms with Gasteiger partial charge in [-0.2, -0.15) is 0 Å². The summed E-state index contributed by atoms with van der Waals surface area (Å²) < 4.78 is 0. The molecule has 0 bridgehead atoms. The fraction of sp³-hybridized carbons (Fsp3) is 0.0588. The Hall–Kier alpha value is -2.32. The molecular weight excluding hydrogens is 234 g/mol. The van der Waals surface area contributed by atoms with E-state index in [1.807, 2.05) is 36.4 Å². The van der Waals surface area contributed by atoms with E-state index in [1.165, 1.54) is 5.56 Å². The van der Waals surface area contributed by atoms with Gasteiger partial charge in [0.05, 0.1) is 6.61 Å². The number of aromatic nitrogens is 1. The molecular formula is C17H15NO. The maximum atomic E-state index is 9.13. The third-order valence-electron chi connectivity index (χ3n) is 3.14. The molecule has 0 atom stereocenters. The maximum Gasteiger partial charge on any atom is 0.0682 e. The van der Waals surface area contributed by atoms with Crippen LogP contribution in [0.15, 0.2) is 54.6 Å². The molecule has 0 amide bonds. The molecule has 0 saturated carbocycles. The summed E-state index contributed by atoms with van der Waals surface area (Å²) >= 11 is 0. The third-order valence-corrected chi connectivity index (χ3v) is 3.14. The minimum Gasteiger partial charge on any atom is -0.392 e. The summed E-state index contributed by atoms with van der Waals surface area (Å²) in [4.78, 5) is 3.35. The van der Waals surface area contributed by atoms with Crippen LogP contribution in [0.4, 0.5) is 0 Å². The Morgan fingerprint density at radius 2 is 1.79 bits per heavy atom. The molecule has 2 N–H and O–H groups in total. The van der Waals surface area contributed by atoms with E-state index in [1.54, 1.807) is 0 Å². The lowest BCUT2D eigenvalue weighted by molar-refractivity contribution is 0.282. The van der Waals surface area contributed by atoms with Crippen molar-refractivity contribution in [1.29, 1.82) is 0 Å². The zero-order chi connectivity index (χ0) is 13.1. The highest BCUT2D eigenvalue weighted by molar-refractivity contribution is 5.84. The zero-order valence-electron chi connectivity index (χ0n) is 10.5. The summed E-state index contributed by atoms with van der Waals surface area (Å²) in [5.41, 5.74) is 4.26. The highest BCUT2D eigenvalue weighted by atomic mass is 16.3. The Labute approximate surface area is 112 Å². The van der Waals surface area contributed by atoms with Crippen LogP contribution in [0.25, 0.3) is 23.1 Å². The third kappa shape index (κ3) is 2.59. The van der Waals surface area contributed by atoms with Gasteiger partial charge in [0.2, 0.25) is 0 Å². The van der Waals surface area contributed by atoms with E-state index < -0.39 is 0 Å². The van der Waals surface area contributed by atoms with Crippen molar-refractivity contribution in [2.45, 2.75) is 6.61 Å². The Morgan fingerprint density at radius 3 is 2.58 bits per heavy atom. The molecule has 94 valence electrons. The van der Waals surface area contributed by atoms with Crippen LogP contribution >= 0.6 is 0 Å². The first kappa shape index (κ1) is 11.8. The van der Waals surface area contributed by atoms with E-state index in [9.17, 15) is 0 Å². The van der Waals surface area contributed by atoms with Crippen molar-refractivity contribution in [3.05, 3.63) is 71.4 Å². The van der Waals surface area contributed by atoms with Crippen LogP contribution in [-0.2, 0) is 6.61 Å². The van der Waals surface area contributed by atoms with Gasteiger partial charge in [-0.1, -0.05) is 42.5 Å². The van der Waals surface area contributed by atoms with Crippen molar-refractivity contribution in [3.63, 3.8) is 0 Å². The first-order valence-electron chi connectivity index (χ1n) is 6.31. The first-order chi connectivity index (χ1) is 9.35. The number of hydrogen-bond donors (Lipinski definition) is 2. The highest BCUT2D eigenvalue weighted by Gasteiger charge is 1.99. The number of hydrogen-bond acceptors (Lipinski definition) is 1. The van der Waals surface area contributed by atoms with Gasteiger partial charge in [-0.25, -0.2) is 0 Å². The fourth-order valence-electron chi connectivity index (χ4n) is 2.14. The van der Waals surface area contributed by atoms with Crippen molar-refractivity contribution in [2.75, 3.05) is 0 Å². The SMILES string of the molecule is OCc1ccc2[nH]c(C=Cc3ccccc3)cc2c1. The first-order valence-corrected chi connectivity index (χ1v) is 6.31. The molecule has 2 nitrogen and oxygen atoms in total. The molecule has 3 rings (SSSR count). The van der Waals surface area contributed by atoms with Gasteiger partial charge in [-0.05, 0) is 35.4 Å². The maximum absolute atomic E-state index is 9.13. The molecule has 0 aliphatic rings. The van der Waals surface area contributed by atoms with Crippen LogP contribution in [-0.4, -0.2) is 10.1 Å². The second-order valence-electron chi connectivity index (χ2n) is 4.55. The Balaban J connectivity index is 1.91. The molecule has 1 heterocycles. The minimum absolute atomic E-state index is 0.0797. The Bertz CT molecular complexity index is 710. The van der Waals surface area contributed by atoms with Crippen LogP contribution in [0.3, 0.4) is 0 Å². The molecule has 0 saturated heterocycles. The number of rotatable bonds is 3. The van der Waals surface area contributed by atoms with Gasteiger partial charge in [-0.15, -0.1) is 0 Å². The summed E-state index contributed by atoms with van der Waals surface area (Å²) in [6.07, 6.45) is 4.14. The van der Waals surface area contributed by atoms with Crippen molar-refractivity contribution >= 4 is 23.1 Å². The molecule has 2 heteroatoms. The van der Waals surface area contributed by atoms with Crippen LogP contribution in [0.2, 0.25) is 0 Å². The van der Waals surface area contributed by atoms with Gasteiger partial charge in [-0.3, -0.25) is 0 Å². The van der Waals surface area contributed by atoms with Crippen LogP contribution < -0.4 is 0 Å². The summed E-state index contributed by atoms with van der Waals surface area (Å²) in [6.45, 7) is 0.0797. The largest absolute Gasteiger partial charge is 0.392 e. The minimum atomic E-state index is 0.0797. The zero-order valence-corrected chi connectivity index (χ0v) is 10.5. The number of aliphatic hydroxyl groups excluding tert-OH is 1. The van der Waals surface area contributed by atoms with Crippen LogP contribution in [0.5, 0.6) is 0 Å². The molecule has 0 aliphatic carbocycles. The molecule has 0 radical (unpaired) electrons. The predicted molar refractivity (Wildman–Crippen MR) is 79.6 cm³/mol. The van der Waals surface area contributed by atoms with Gasteiger partial charge in [0, 0.05) is 16.6 Å². The molecule has 1 aromatic heterocycles. The summed E-state index contributed by atoms with van der Waals surface area (Å²) in [7, 11) is 0. The van der Waals surface area contributed by atoms with Gasteiger partial charge < -0.3 is 10.1 Å². The lowest BCUT2D eigenvalue weighted by Crippen LogP contribution is -1.80. The predicted octanol–water partition coefficient (Wildman–Crippen LogP) is 3.83. The van der Waals surface area contributed by atoms with E-state index in [4.69, 9.17) is 5.11 Å². The molecule has 0 fully saturated rings. The molecule has 3 aromatic rings. The Morgan fingerprint density at radius 1 is 0.947 bits per heavy atom. The number of H-pyrrole nitrogens is 1. The highest BCUT2D eigenvalue weighted by Crippen LogP contribution is 2.19.